The Morgan fingerprint density at radius 2 is 2.14 bits per heavy atom. The Kier molecular flexibility index (Phi) is 3.87. The molecule has 0 radical (unpaired) electrons. The van der Waals surface area contributed by atoms with Gasteiger partial charge in [0.15, 0.2) is 5.13 Å². The van der Waals surface area contributed by atoms with Crippen LogP contribution in [0.25, 0.3) is 11.1 Å². The molecule has 2 aromatic heterocycles. The Bertz CT molecular complexity index is 1060. The monoisotopic (exact) mass is 392 g/mol. The second-order valence-corrected chi connectivity index (χ2v) is 8.69. The van der Waals surface area contributed by atoms with Gasteiger partial charge in [-0.2, -0.15) is 0 Å². The fraction of sp³-hybridized carbons (Fsp3) is 0.286. The Labute approximate surface area is 167 Å². The van der Waals surface area contributed by atoms with Crippen LogP contribution in [0.4, 0.5) is 10.8 Å². The maximum absolute atomic E-state index is 12.5. The molecule has 0 spiro atoms. The van der Waals surface area contributed by atoms with Crippen molar-refractivity contribution in [3.8, 4) is 16.9 Å². The smallest absolute Gasteiger partial charge is 0.263 e. The maximum Gasteiger partial charge on any atom is 0.263 e. The molecule has 4 heterocycles. The lowest BCUT2D eigenvalue weighted by atomic mass is 9.94. The molecule has 0 aliphatic carbocycles. The van der Waals surface area contributed by atoms with Gasteiger partial charge < -0.3 is 15.0 Å². The van der Waals surface area contributed by atoms with Crippen molar-refractivity contribution in [2.75, 3.05) is 18.1 Å². The molecular weight excluding hydrogens is 372 g/mol. The number of anilines is 2. The summed E-state index contributed by atoms with van der Waals surface area (Å²) in [7, 11) is 0. The van der Waals surface area contributed by atoms with Crippen molar-refractivity contribution < 1.29 is 9.53 Å². The van der Waals surface area contributed by atoms with E-state index in [1.165, 1.54) is 11.3 Å². The average molecular weight is 392 g/mol. The van der Waals surface area contributed by atoms with Crippen molar-refractivity contribution in [3.63, 3.8) is 0 Å². The van der Waals surface area contributed by atoms with Crippen molar-refractivity contribution in [2.24, 2.45) is 0 Å². The minimum Gasteiger partial charge on any atom is -0.490 e. The SMILES string of the molecule is CC1(C)Cc2nc(N3CCOc4cc(-c5cccnc5)ccc43)sc2C(=O)N1. The van der Waals surface area contributed by atoms with Gasteiger partial charge in [-0.1, -0.05) is 23.5 Å². The zero-order valence-electron chi connectivity index (χ0n) is 15.7. The van der Waals surface area contributed by atoms with E-state index in [0.29, 0.717) is 18.0 Å². The molecule has 0 saturated heterocycles. The van der Waals surface area contributed by atoms with E-state index >= 15 is 0 Å². The summed E-state index contributed by atoms with van der Waals surface area (Å²) in [5.41, 5.74) is 3.71. The first-order valence-corrected chi connectivity index (χ1v) is 10.1. The number of nitrogens with zero attached hydrogens (tertiary/aromatic N) is 3. The summed E-state index contributed by atoms with van der Waals surface area (Å²) in [6, 6.07) is 10.1. The van der Waals surface area contributed by atoms with Gasteiger partial charge in [-0.3, -0.25) is 9.78 Å². The van der Waals surface area contributed by atoms with Gasteiger partial charge in [-0.15, -0.1) is 0 Å². The molecule has 6 nitrogen and oxygen atoms in total. The number of pyridine rings is 1. The van der Waals surface area contributed by atoms with Crippen LogP contribution in [0.15, 0.2) is 42.7 Å². The normalized spacial score (nSPS) is 17.4. The Morgan fingerprint density at radius 3 is 2.96 bits per heavy atom. The van der Waals surface area contributed by atoms with Crippen LogP contribution in [0.5, 0.6) is 5.75 Å². The molecule has 3 aromatic rings. The molecule has 0 fully saturated rings. The molecule has 2 aliphatic rings. The highest BCUT2D eigenvalue weighted by atomic mass is 32.1. The van der Waals surface area contributed by atoms with Gasteiger partial charge in [-0.25, -0.2) is 4.98 Å². The first-order valence-electron chi connectivity index (χ1n) is 9.27. The van der Waals surface area contributed by atoms with Gasteiger partial charge >= 0.3 is 0 Å². The zero-order valence-corrected chi connectivity index (χ0v) is 16.5. The van der Waals surface area contributed by atoms with E-state index in [9.17, 15) is 4.79 Å². The Balaban J connectivity index is 1.52. The number of fused-ring (bicyclic) bond motifs is 2. The van der Waals surface area contributed by atoms with E-state index in [0.717, 1.165) is 39.8 Å². The third kappa shape index (κ3) is 2.92. The largest absolute Gasteiger partial charge is 0.490 e. The van der Waals surface area contributed by atoms with Crippen LogP contribution in [0.1, 0.15) is 29.2 Å². The summed E-state index contributed by atoms with van der Waals surface area (Å²) in [5.74, 6) is 0.793. The minimum atomic E-state index is -0.267. The van der Waals surface area contributed by atoms with Crippen LogP contribution in [-0.2, 0) is 6.42 Å². The summed E-state index contributed by atoms with van der Waals surface area (Å²) in [5, 5.41) is 3.90. The summed E-state index contributed by atoms with van der Waals surface area (Å²) in [6.45, 7) is 5.33. The quantitative estimate of drug-likeness (QED) is 0.719. The number of thiazole rings is 1. The number of aromatic nitrogens is 2. The lowest BCUT2D eigenvalue weighted by molar-refractivity contribution is 0.0901. The van der Waals surface area contributed by atoms with Crippen LogP contribution in [0, 0.1) is 0 Å². The molecular formula is C21H20N4O2S. The molecule has 0 atom stereocenters. The lowest BCUT2D eigenvalue weighted by Crippen LogP contribution is -2.48. The van der Waals surface area contributed by atoms with Gasteiger partial charge in [-0.05, 0) is 37.6 Å². The predicted molar refractivity (Wildman–Crippen MR) is 110 cm³/mol. The third-order valence-electron chi connectivity index (χ3n) is 5.00. The molecule has 142 valence electrons. The fourth-order valence-corrected chi connectivity index (χ4v) is 4.73. The van der Waals surface area contributed by atoms with Gasteiger partial charge in [0.05, 0.1) is 17.9 Å². The Hall–Kier alpha value is -2.93. The van der Waals surface area contributed by atoms with E-state index < -0.39 is 0 Å². The molecule has 1 amide bonds. The highest BCUT2D eigenvalue weighted by Gasteiger charge is 2.34. The van der Waals surface area contributed by atoms with E-state index in [-0.39, 0.29) is 11.4 Å². The molecule has 0 bridgehead atoms. The number of hydrogen-bond acceptors (Lipinski definition) is 6. The lowest BCUT2D eigenvalue weighted by Gasteiger charge is -2.29. The van der Waals surface area contributed by atoms with Crippen LogP contribution in [0.2, 0.25) is 0 Å². The average Bonchev–Trinajstić information content (AvgIpc) is 3.10. The van der Waals surface area contributed by atoms with Gasteiger partial charge in [0.2, 0.25) is 0 Å². The van der Waals surface area contributed by atoms with E-state index in [1.807, 2.05) is 38.2 Å². The third-order valence-corrected chi connectivity index (χ3v) is 6.12. The Morgan fingerprint density at radius 1 is 1.25 bits per heavy atom. The molecule has 5 rings (SSSR count). The maximum atomic E-state index is 12.5. The van der Waals surface area contributed by atoms with Crippen molar-refractivity contribution in [3.05, 3.63) is 53.3 Å². The summed E-state index contributed by atoms with van der Waals surface area (Å²) in [4.78, 5) is 24.3. The number of nitrogens with one attached hydrogen (secondary N) is 1. The number of amides is 1. The molecule has 0 unspecified atom stereocenters. The number of carbonyl (C=O) groups is 1. The standard InChI is InChI=1S/C21H20N4O2S/c1-21(2)11-15-18(19(26)24-21)28-20(23-15)25-8-9-27-17-10-13(5-6-16(17)25)14-4-3-7-22-12-14/h3-7,10,12H,8-9,11H2,1-2H3,(H,24,26). The van der Waals surface area contributed by atoms with Crippen LogP contribution in [-0.4, -0.2) is 34.6 Å². The van der Waals surface area contributed by atoms with Gasteiger partial charge in [0, 0.05) is 29.9 Å². The second kappa shape index (κ2) is 6.31. The molecule has 2 aliphatic heterocycles. The predicted octanol–water partition coefficient (Wildman–Crippen LogP) is 3.80. The number of carbonyl (C=O) groups excluding carboxylic acids is 1. The fourth-order valence-electron chi connectivity index (χ4n) is 3.71. The molecule has 28 heavy (non-hydrogen) atoms. The second-order valence-electron chi connectivity index (χ2n) is 7.71. The number of hydrogen-bond donors (Lipinski definition) is 1. The van der Waals surface area contributed by atoms with Crippen LogP contribution in [0.3, 0.4) is 0 Å². The van der Waals surface area contributed by atoms with Gasteiger partial charge in [0.1, 0.15) is 17.2 Å². The van der Waals surface area contributed by atoms with Crippen molar-refractivity contribution in [1.82, 2.24) is 15.3 Å². The van der Waals surface area contributed by atoms with E-state index in [1.54, 1.807) is 6.20 Å². The van der Waals surface area contributed by atoms with Gasteiger partial charge in [0.25, 0.3) is 5.91 Å². The number of rotatable bonds is 2. The summed E-state index contributed by atoms with van der Waals surface area (Å²) >= 11 is 1.45. The molecule has 0 saturated carbocycles. The van der Waals surface area contributed by atoms with Crippen molar-refractivity contribution in [1.29, 1.82) is 0 Å². The highest BCUT2D eigenvalue weighted by molar-refractivity contribution is 7.17. The summed E-state index contributed by atoms with van der Waals surface area (Å²) < 4.78 is 5.93. The highest BCUT2D eigenvalue weighted by Crippen LogP contribution is 2.42. The molecule has 1 aromatic carbocycles. The van der Waals surface area contributed by atoms with E-state index in [2.05, 4.69) is 27.3 Å². The topological polar surface area (TPSA) is 67.3 Å². The number of ether oxygens (including phenoxy) is 1. The first-order chi connectivity index (χ1) is 13.5. The van der Waals surface area contributed by atoms with Crippen LogP contribution >= 0.6 is 11.3 Å². The molecule has 7 heteroatoms. The van der Waals surface area contributed by atoms with Crippen LogP contribution < -0.4 is 15.0 Å². The minimum absolute atomic E-state index is 0.0320. The first kappa shape index (κ1) is 17.2. The summed E-state index contributed by atoms with van der Waals surface area (Å²) in [6.07, 6.45) is 4.35. The van der Waals surface area contributed by atoms with Crippen molar-refractivity contribution >= 4 is 28.1 Å². The number of benzene rings is 1. The van der Waals surface area contributed by atoms with Crippen molar-refractivity contribution in [2.45, 2.75) is 25.8 Å². The van der Waals surface area contributed by atoms with E-state index in [4.69, 9.17) is 9.72 Å². The zero-order chi connectivity index (χ0) is 19.3. The molecule has 1 N–H and O–H groups in total.